The second kappa shape index (κ2) is 6.80. The number of nitrogens with zero attached hydrogens (tertiary/aromatic N) is 2. The van der Waals surface area contributed by atoms with Crippen molar-refractivity contribution in [3.63, 3.8) is 0 Å². The molecule has 0 saturated heterocycles. The van der Waals surface area contributed by atoms with E-state index in [0.29, 0.717) is 0 Å². The van der Waals surface area contributed by atoms with Crippen LogP contribution in [0.25, 0.3) is 0 Å². The third-order valence-electron chi connectivity index (χ3n) is 3.16. The minimum Gasteiger partial charge on any atom is -0.327 e. The third-order valence-corrected chi connectivity index (χ3v) is 3.16. The SMILES string of the molecule is CCc1cc(CC(N)CCC(C)C)n(CC)n1. The van der Waals surface area contributed by atoms with Gasteiger partial charge in [0.15, 0.2) is 0 Å². The molecule has 17 heavy (non-hydrogen) atoms. The topological polar surface area (TPSA) is 43.8 Å². The predicted molar refractivity (Wildman–Crippen MR) is 73.0 cm³/mol. The lowest BCUT2D eigenvalue weighted by Crippen LogP contribution is -2.24. The Kier molecular flexibility index (Phi) is 5.69. The molecular formula is C14H27N3. The van der Waals surface area contributed by atoms with Gasteiger partial charge in [-0.1, -0.05) is 20.8 Å². The van der Waals surface area contributed by atoms with Crippen LogP contribution in [0.1, 0.15) is 51.9 Å². The molecule has 1 aromatic heterocycles. The fourth-order valence-corrected chi connectivity index (χ4v) is 2.04. The first-order valence-electron chi connectivity index (χ1n) is 6.87. The van der Waals surface area contributed by atoms with Crippen molar-refractivity contribution in [2.24, 2.45) is 11.7 Å². The Morgan fingerprint density at radius 2 is 2.00 bits per heavy atom. The number of rotatable bonds is 7. The van der Waals surface area contributed by atoms with Crippen molar-refractivity contribution in [2.45, 2.75) is 66.0 Å². The maximum Gasteiger partial charge on any atom is 0.0624 e. The summed E-state index contributed by atoms with van der Waals surface area (Å²) in [6.45, 7) is 9.71. The quantitative estimate of drug-likeness (QED) is 0.792. The summed E-state index contributed by atoms with van der Waals surface area (Å²) in [5.41, 5.74) is 8.66. The van der Waals surface area contributed by atoms with Crippen LogP contribution in [0.15, 0.2) is 6.07 Å². The second-order valence-electron chi connectivity index (χ2n) is 5.23. The second-order valence-corrected chi connectivity index (χ2v) is 5.23. The monoisotopic (exact) mass is 237 g/mol. The molecule has 0 spiro atoms. The normalized spacial score (nSPS) is 13.3. The van der Waals surface area contributed by atoms with E-state index >= 15 is 0 Å². The molecule has 1 rings (SSSR count). The van der Waals surface area contributed by atoms with Crippen molar-refractivity contribution in [2.75, 3.05) is 0 Å². The van der Waals surface area contributed by atoms with E-state index in [-0.39, 0.29) is 6.04 Å². The minimum atomic E-state index is 0.268. The van der Waals surface area contributed by atoms with Gasteiger partial charge in [-0.05, 0) is 38.2 Å². The lowest BCUT2D eigenvalue weighted by molar-refractivity contribution is 0.482. The van der Waals surface area contributed by atoms with Crippen molar-refractivity contribution < 1.29 is 0 Å². The molecule has 98 valence electrons. The molecule has 1 atom stereocenters. The standard InChI is InChI=1S/C14H27N3/c1-5-13-10-14(17(6-2)16-13)9-12(15)8-7-11(3)4/h10-12H,5-9,15H2,1-4H3. The predicted octanol–water partition coefficient (Wildman–Crippen LogP) is 2.77. The number of nitrogens with two attached hydrogens (primary N) is 1. The zero-order valence-corrected chi connectivity index (χ0v) is 11.7. The van der Waals surface area contributed by atoms with Crippen LogP contribution in [0.3, 0.4) is 0 Å². The Morgan fingerprint density at radius 3 is 2.53 bits per heavy atom. The van der Waals surface area contributed by atoms with Gasteiger partial charge < -0.3 is 5.73 Å². The van der Waals surface area contributed by atoms with Gasteiger partial charge in [0.25, 0.3) is 0 Å². The van der Waals surface area contributed by atoms with Gasteiger partial charge in [0.05, 0.1) is 5.69 Å². The molecule has 0 bridgehead atoms. The Hall–Kier alpha value is -0.830. The third kappa shape index (κ3) is 4.50. The van der Waals surface area contributed by atoms with Gasteiger partial charge in [0.1, 0.15) is 0 Å². The number of hydrogen-bond donors (Lipinski definition) is 1. The summed E-state index contributed by atoms with van der Waals surface area (Å²) in [5, 5.41) is 4.56. The Labute approximate surface area is 105 Å². The summed E-state index contributed by atoms with van der Waals surface area (Å²) in [4.78, 5) is 0. The summed E-state index contributed by atoms with van der Waals surface area (Å²) < 4.78 is 2.09. The van der Waals surface area contributed by atoms with Crippen molar-refractivity contribution in [1.82, 2.24) is 9.78 Å². The van der Waals surface area contributed by atoms with Gasteiger partial charge >= 0.3 is 0 Å². The van der Waals surface area contributed by atoms with Crippen LogP contribution in [0.5, 0.6) is 0 Å². The van der Waals surface area contributed by atoms with E-state index in [4.69, 9.17) is 5.73 Å². The van der Waals surface area contributed by atoms with Crippen molar-refractivity contribution in [3.8, 4) is 0 Å². The molecule has 0 fully saturated rings. The highest BCUT2D eigenvalue weighted by molar-refractivity contribution is 5.11. The Bertz CT molecular complexity index is 328. The first-order chi connectivity index (χ1) is 8.06. The highest BCUT2D eigenvalue weighted by Gasteiger charge is 2.11. The van der Waals surface area contributed by atoms with Crippen LogP contribution in [0, 0.1) is 5.92 Å². The molecule has 0 saturated carbocycles. The van der Waals surface area contributed by atoms with Crippen molar-refractivity contribution in [3.05, 3.63) is 17.5 Å². The first kappa shape index (κ1) is 14.2. The maximum absolute atomic E-state index is 6.19. The van der Waals surface area contributed by atoms with Gasteiger partial charge in [0.2, 0.25) is 0 Å². The largest absolute Gasteiger partial charge is 0.327 e. The van der Waals surface area contributed by atoms with E-state index in [1.165, 1.54) is 17.8 Å². The summed E-state index contributed by atoms with van der Waals surface area (Å²) >= 11 is 0. The zero-order chi connectivity index (χ0) is 12.8. The molecule has 0 amide bonds. The zero-order valence-electron chi connectivity index (χ0n) is 11.7. The lowest BCUT2D eigenvalue weighted by atomic mass is 10.0. The molecule has 0 aliphatic rings. The fourth-order valence-electron chi connectivity index (χ4n) is 2.04. The highest BCUT2D eigenvalue weighted by atomic mass is 15.3. The molecule has 0 aliphatic carbocycles. The molecule has 3 nitrogen and oxygen atoms in total. The highest BCUT2D eigenvalue weighted by Crippen LogP contribution is 2.12. The van der Waals surface area contributed by atoms with Crippen LogP contribution in [-0.4, -0.2) is 15.8 Å². The minimum absolute atomic E-state index is 0.268. The molecule has 0 radical (unpaired) electrons. The molecule has 0 aliphatic heterocycles. The molecule has 2 N–H and O–H groups in total. The summed E-state index contributed by atoms with van der Waals surface area (Å²) in [6, 6.07) is 2.47. The van der Waals surface area contributed by atoms with E-state index in [2.05, 4.69) is 43.5 Å². The summed E-state index contributed by atoms with van der Waals surface area (Å²) in [7, 11) is 0. The van der Waals surface area contributed by atoms with Crippen LogP contribution in [-0.2, 0) is 19.4 Å². The van der Waals surface area contributed by atoms with E-state index in [1.807, 2.05) is 0 Å². The van der Waals surface area contributed by atoms with Crippen molar-refractivity contribution >= 4 is 0 Å². The van der Waals surface area contributed by atoms with E-state index in [0.717, 1.165) is 31.7 Å². The molecule has 0 aromatic carbocycles. The first-order valence-corrected chi connectivity index (χ1v) is 6.87. The Morgan fingerprint density at radius 1 is 1.29 bits per heavy atom. The Balaban J connectivity index is 2.57. The van der Waals surface area contributed by atoms with Gasteiger partial charge in [-0.25, -0.2) is 0 Å². The molecular weight excluding hydrogens is 210 g/mol. The molecule has 1 heterocycles. The van der Waals surface area contributed by atoms with Crippen LogP contribution < -0.4 is 5.73 Å². The van der Waals surface area contributed by atoms with Crippen LogP contribution in [0.2, 0.25) is 0 Å². The number of aryl methyl sites for hydroxylation is 2. The number of hydrogen-bond acceptors (Lipinski definition) is 2. The van der Waals surface area contributed by atoms with E-state index in [1.54, 1.807) is 0 Å². The van der Waals surface area contributed by atoms with Gasteiger partial charge in [-0.3, -0.25) is 4.68 Å². The van der Waals surface area contributed by atoms with Crippen LogP contribution >= 0.6 is 0 Å². The lowest BCUT2D eigenvalue weighted by Gasteiger charge is -2.13. The van der Waals surface area contributed by atoms with Gasteiger partial charge in [-0.2, -0.15) is 5.10 Å². The van der Waals surface area contributed by atoms with Crippen molar-refractivity contribution in [1.29, 1.82) is 0 Å². The number of aromatic nitrogens is 2. The summed E-state index contributed by atoms with van der Waals surface area (Å²) in [6.07, 6.45) is 4.27. The van der Waals surface area contributed by atoms with Gasteiger partial charge in [-0.15, -0.1) is 0 Å². The molecule has 1 aromatic rings. The van der Waals surface area contributed by atoms with Gasteiger partial charge in [0, 0.05) is 24.7 Å². The fraction of sp³-hybridized carbons (Fsp3) is 0.786. The molecule has 3 heteroatoms. The average molecular weight is 237 g/mol. The summed E-state index contributed by atoms with van der Waals surface area (Å²) in [5.74, 6) is 0.739. The van der Waals surface area contributed by atoms with E-state index in [9.17, 15) is 0 Å². The molecule has 1 unspecified atom stereocenters. The average Bonchev–Trinajstić information content (AvgIpc) is 2.68. The van der Waals surface area contributed by atoms with E-state index < -0.39 is 0 Å². The van der Waals surface area contributed by atoms with Crippen LogP contribution in [0.4, 0.5) is 0 Å². The smallest absolute Gasteiger partial charge is 0.0624 e. The maximum atomic E-state index is 6.19.